The van der Waals surface area contributed by atoms with Gasteiger partial charge >= 0.3 is 0 Å². The molecule has 0 aromatic carbocycles. The Balaban J connectivity index is 3.55. The van der Waals surface area contributed by atoms with Gasteiger partial charge in [0.15, 0.2) is 0 Å². The van der Waals surface area contributed by atoms with Gasteiger partial charge in [-0.2, -0.15) is 0 Å². The van der Waals surface area contributed by atoms with Gasteiger partial charge in [0.05, 0.1) is 0 Å². The molecule has 1 unspecified atom stereocenters. The maximum atomic E-state index is 2.38. The van der Waals surface area contributed by atoms with E-state index in [1.807, 2.05) is 0 Å². The van der Waals surface area contributed by atoms with Crippen molar-refractivity contribution < 1.29 is 0 Å². The topological polar surface area (TPSA) is 0 Å². The van der Waals surface area contributed by atoms with Gasteiger partial charge in [0.1, 0.15) is 0 Å². The molecule has 0 aliphatic heterocycles. The van der Waals surface area contributed by atoms with Crippen molar-refractivity contribution in [1.29, 1.82) is 0 Å². The van der Waals surface area contributed by atoms with E-state index in [1.165, 1.54) is 64.2 Å². The molecule has 1 atom stereocenters. The second kappa shape index (κ2) is 9.85. The van der Waals surface area contributed by atoms with E-state index in [1.54, 1.807) is 0 Å². The third kappa shape index (κ3) is 14.4. The quantitative estimate of drug-likeness (QED) is 0.361. The monoisotopic (exact) mass is 282 g/mol. The van der Waals surface area contributed by atoms with Crippen LogP contribution in [0.25, 0.3) is 0 Å². The van der Waals surface area contributed by atoms with Crippen LogP contribution in [0.4, 0.5) is 0 Å². The average Bonchev–Trinajstić information content (AvgIpc) is 2.28. The van der Waals surface area contributed by atoms with Crippen LogP contribution in [0.5, 0.6) is 0 Å². The van der Waals surface area contributed by atoms with E-state index in [2.05, 4.69) is 48.5 Å². The van der Waals surface area contributed by atoms with Crippen molar-refractivity contribution >= 4 is 0 Å². The largest absolute Gasteiger partial charge is 0.0651 e. The van der Waals surface area contributed by atoms with Crippen molar-refractivity contribution in [3.63, 3.8) is 0 Å². The molecule has 0 spiro atoms. The Morgan fingerprint density at radius 1 is 0.600 bits per heavy atom. The van der Waals surface area contributed by atoms with E-state index in [4.69, 9.17) is 0 Å². The van der Waals surface area contributed by atoms with E-state index < -0.39 is 0 Å². The number of hydrogen-bond acceptors (Lipinski definition) is 0. The summed E-state index contributed by atoms with van der Waals surface area (Å²) in [5, 5.41) is 0. The summed E-state index contributed by atoms with van der Waals surface area (Å²) in [4.78, 5) is 0. The predicted molar refractivity (Wildman–Crippen MR) is 94.2 cm³/mol. The van der Waals surface area contributed by atoms with Gasteiger partial charge in [-0.25, -0.2) is 0 Å². The number of unbranched alkanes of at least 4 members (excludes halogenated alkanes) is 3. The SMILES string of the molecule is CCC(CCCCCCC(C)(C)C)CCCC(C)(C)C. The molecule has 0 saturated carbocycles. The molecule has 0 aliphatic rings. The highest BCUT2D eigenvalue weighted by atomic mass is 14.2. The van der Waals surface area contributed by atoms with Crippen LogP contribution < -0.4 is 0 Å². The van der Waals surface area contributed by atoms with Gasteiger partial charge in [0.2, 0.25) is 0 Å². The van der Waals surface area contributed by atoms with Crippen LogP contribution in [0.3, 0.4) is 0 Å². The van der Waals surface area contributed by atoms with Gasteiger partial charge in [-0.3, -0.25) is 0 Å². The van der Waals surface area contributed by atoms with Crippen LogP contribution in [-0.2, 0) is 0 Å². The molecule has 0 aromatic rings. The number of hydrogen-bond donors (Lipinski definition) is 0. The predicted octanol–water partition coefficient (Wildman–Crippen LogP) is 7.62. The molecule has 0 aromatic heterocycles. The minimum absolute atomic E-state index is 0.519. The lowest BCUT2D eigenvalue weighted by Gasteiger charge is -2.21. The normalized spacial score (nSPS) is 14.6. The first-order chi connectivity index (χ1) is 9.14. The standard InChI is InChI=1S/C20H42/c1-8-18(15-13-17-20(5,6)7)14-11-9-10-12-16-19(2,3)4/h18H,8-17H2,1-7H3. The van der Waals surface area contributed by atoms with Crippen LogP contribution in [0, 0.1) is 16.7 Å². The second-order valence-corrected chi connectivity index (χ2v) is 9.24. The molecule has 0 saturated heterocycles. The first-order valence-electron chi connectivity index (χ1n) is 9.14. The first-order valence-corrected chi connectivity index (χ1v) is 9.14. The zero-order chi connectivity index (χ0) is 15.6. The van der Waals surface area contributed by atoms with Crippen molar-refractivity contribution in [3.05, 3.63) is 0 Å². The zero-order valence-corrected chi connectivity index (χ0v) is 15.6. The Morgan fingerprint density at radius 3 is 1.55 bits per heavy atom. The molecule has 0 aliphatic carbocycles. The van der Waals surface area contributed by atoms with Crippen LogP contribution in [0.1, 0.15) is 113 Å². The average molecular weight is 283 g/mol. The Labute approximate surface area is 130 Å². The van der Waals surface area contributed by atoms with Gasteiger partial charge in [-0.1, -0.05) is 99.8 Å². The fraction of sp³-hybridized carbons (Fsp3) is 1.00. The lowest BCUT2D eigenvalue weighted by Crippen LogP contribution is -2.07. The molecule has 122 valence electrons. The summed E-state index contributed by atoms with van der Waals surface area (Å²) in [6.07, 6.45) is 14.3. The molecule has 0 heterocycles. The maximum absolute atomic E-state index is 2.38. The lowest BCUT2D eigenvalue weighted by atomic mass is 9.85. The van der Waals surface area contributed by atoms with Crippen molar-refractivity contribution in [1.82, 2.24) is 0 Å². The Morgan fingerprint density at radius 2 is 1.05 bits per heavy atom. The first kappa shape index (κ1) is 20.0. The highest BCUT2D eigenvalue weighted by Crippen LogP contribution is 2.27. The summed E-state index contributed by atoms with van der Waals surface area (Å²) < 4.78 is 0. The fourth-order valence-corrected chi connectivity index (χ4v) is 2.92. The number of rotatable bonds is 10. The summed E-state index contributed by atoms with van der Waals surface area (Å²) >= 11 is 0. The van der Waals surface area contributed by atoms with Crippen LogP contribution in [0.15, 0.2) is 0 Å². The molecular weight excluding hydrogens is 240 g/mol. The second-order valence-electron chi connectivity index (χ2n) is 9.24. The van der Waals surface area contributed by atoms with Gasteiger partial charge in [0.25, 0.3) is 0 Å². The molecular formula is C20H42. The smallest absolute Gasteiger partial charge is 0.0383 e. The summed E-state index contributed by atoms with van der Waals surface area (Å²) in [5.74, 6) is 0.986. The minimum Gasteiger partial charge on any atom is -0.0651 e. The molecule has 0 bridgehead atoms. The fourth-order valence-electron chi connectivity index (χ4n) is 2.92. The summed E-state index contributed by atoms with van der Waals surface area (Å²) in [6, 6.07) is 0. The molecule has 0 heteroatoms. The summed E-state index contributed by atoms with van der Waals surface area (Å²) in [7, 11) is 0. The van der Waals surface area contributed by atoms with Crippen molar-refractivity contribution in [2.75, 3.05) is 0 Å². The van der Waals surface area contributed by atoms with Crippen molar-refractivity contribution in [2.45, 2.75) is 113 Å². The van der Waals surface area contributed by atoms with Crippen molar-refractivity contribution in [3.8, 4) is 0 Å². The van der Waals surface area contributed by atoms with Crippen LogP contribution >= 0.6 is 0 Å². The van der Waals surface area contributed by atoms with Gasteiger partial charge < -0.3 is 0 Å². The minimum atomic E-state index is 0.519. The van der Waals surface area contributed by atoms with E-state index in [-0.39, 0.29) is 0 Å². The van der Waals surface area contributed by atoms with Crippen molar-refractivity contribution in [2.24, 2.45) is 16.7 Å². The molecule has 0 N–H and O–H groups in total. The van der Waals surface area contributed by atoms with E-state index in [0.29, 0.717) is 10.8 Å². The zero-order valence-electron chi connectivity index (χ0n) is 15.6. The summed E-state index contributed by atoms with van der Waals surface area (Å²) in [5.41, 5.74) is 1.05. The van der Waals surface area contributed by atoms with Crippen LogP contribution in [0.2, 0.25) is 0 Å². The van der Waals surface area contributed by atoms with Gasteiger partial charge in [0, 0.05) is 0 Å². The van der Waals surface area contributed by atoms with E-state index in [0.717, 1.165) is 5.92 Å². The Kier molecular flexibility index (Phi) is 9.85. The molecule has 0 fully saturated rings. The third-order valence-corrected chi connectivity index (χ3v) is 4.41. The molecule has 0 rings (SSSR count). The third-order valence-electron chi connectivity index (χ3n) is 4.41. The Hall–Kier alpha value is 0. The molecule has 0 radical (unpaired) electrons. The Bertz CT molecular complexity index is 213. The highest BCUT2D eigenvalue weighted by Gasteiger charge is 2.12. The van der Waals surface area contributed by atoms with E-state index in [9.17, 15) is 0 Å². The van der Waals surface area contributed by atoms with E-state index >= 15 is 0 Å². The molecule has 0 amide bonds. The highest BCUT2D eigenvalue weighted by molar-refractivity contribution is 4.65. The lowest BCUT2D eigenvalue weighted by molar-refractivity contribution is 0.321. The van der Waals surface area contributed by atoms with Gasteiger partial charge in [-0.05, 0) is 29.6 Å². The molecule has 20 heavy (non-hydrogen) atoms. The maximum Gasteiger partial charge on any atom is -0.0383 e. The van der Waals surface area contributed by atoms with Gasteiger partial charge in [-0.15, -0.1) is 0 Å². The van der Waals surface area contributed by atoms with Crippen LogP contribution in [-0.4, -0.2) is 0 Å². The summed E-state index contributed by atoms with van der Waals surface area (Å²) in [6.45, 7) is 16.5. The molecule has 0 nitrogen and oxygen atoms in total.